The van der Waals surface area contributed by atoms with Crippen LogP contribution in [0.1, 0.15) is 29.3 Å². The van der Waals surface area contributed by atoms with Crippen LogP contribution in [0.2, 0.25) is 0 Å². The van der Waals surface area contributed by atoms with Gasteiger partial charge >= 0.3 is 5.97 Å². The van der Waals surface area contributed by atoms with E-state index < -0.39 is 39.8 Å². The molecule has 1 aliphatic rings. The lowest BCUT2D eigenvalue weighted by atomic mass is 10.1. The maximum absolute atomic E-state index is 13.7. The van der Waals surface area contributed by atoms with Crippen LogP contribution >= 0.6 is 0 Å². The Kier molecular flexibility index (Phi) is 8.31. The van der Waals surface area contributed by atoms with Crippen molar-refractivity contribution in [1.82, 2.24) is 4.90 Å². The number of carbonyl (C=O) groups is 4. The number of sulfonamides is 1. The van der Waals surface area contributed by atoms with Gasteiger partial charge in [-0.1, -0.05) is 18.2 Å². The molecule has 40 heavy (non-hydrogen) atoms. The molecule has 0 radical (unpaired) electrons. The molecule has 1 aliphatic heterocycles. The van der Waals surface area contributed by atoms with E-state index in [0.717, 1.165) is 4.90 Å². The van der Waals surface area contributed by atoms with Gasteiger partial charge in [-0.25, -0.2) is 18.5 Å². The molecule has 0 aliphatic carbocycles. The minimum absolute atomic E-state index is 0.0486. The van der Waals surface area contributed by atoms with Gasteiger partial charge in [-0.15, -0.1) is 0 Å². The van der Waals surface area contributed by atoms with Gasteiger partial charge in [0.05, 0.1) is 24.1 Å². The first-order valence-corrected chi connectivity index (χ1v) is 13.7. The quantitative estimate of drug-likeness (QED) is 0.236. The first-order valence-electron chi connectivity index (χ1n) is 12.2. The number of amides is 3. The Labute approximate surface area is 231 Å². The molecule has 1 saturated heterocycles. The number of imide groups is 1. The highest BCUT2D eigenvalue weighted by Crippen LogP contribution is 2.29. The molecule has 3 aromatic rings. The summed E-state index contributed by atoms with van der Waals surface area (Å²) in [5.41, 5.74) is 1.25. The highest BCUT2D eigenvalue weighted by molar-refractivity contribution is 7.89. The number of ether oxygens (including phenoxy) is 2. The zero-order chi connectivity index (χ0) is 29.0. The van der Waals surface area contributed by atoms with E-state index in [-0.39, 0.29) is 41.3 Å². The molecule has 12 heteroatoms. The molecular formula is C28H27N3O8S. The fourth-order valence-electron chi connectivity index (χ4n) is 4.38. The number of carbonyl (C=O) groups excluding carboxylic acids is 4. The largest absolute Gasteiger partial charge is 0.497 e. The molecule has 208 valence electrons. The molecule has 2 N–H and O–H groups in total. The molecule has 1 atom stereocenters. The first kappa shape index (κ1) is 28.5. The predicted octanol–water partition coefficient (Wildman–Crippen LogP) is 2.28. The number of benzene rings is 3. The molecule has 3 aromatic carbocycles. The Morgan fingerprint density at radius 3 is 2.27 bits per heavy atom. The van der Waals surface area contributed by atoms with Crippen molar-refractivity contribution in [2.45, 2.75) is 30.7 Å². The third-order valence-electron chi connectivity index (χ3n) is 6.33. The minimum atomic E-state index is -3.86. The SMILES string of the molecule is COc1cccc(C(=O)N(CCc2ccc(S(N)(=O)=O)cc2)C2CC(=O)N(c3ccc(OC(C)=O)cc3)C2=O)c1. The van der Waals surface area contributed by atoms with E-state index >= 15 is 0 Å². The van der Waals surface area contributed by atoms with Crippen LogP contribution in [0.4, 0.5) is 5.69 Å². The van der Waals surface area contributed by atoms with E-state index in [4.69, 9.17) is 14.6 Å². The second kappa shape index (κ2) is 11.7. The zero-order valence-electron chi connectivity index (χ0n) is 21.8. The molecule has 0 bridgehead atoms. The van der Waals surface area contributed by atoms with Crippen LogP contribution in [-0.4, -0.2) is 56.7 Å². The van der Waals surface area contributed by atoms with Crippen LogP contribution in [0.15, 0.2) is 77.7 Å². The summed E-state index contributed by atoms with van der Waals surface area (Å²) in [5, 5.41) is 5.17. The lowest BCUT2D eigenvalue weighted by Gasteiger charge is -2.28. The third-order valence-corrected chi connectivity index (χ3v) is 7.26. The number of esters is 1. The number of nitrogens with two attached hydrogens (primary N) is 1. The number of hydrogen-bond donors (Lipinski definition) is 1. The van der Waals surface area contributed by atoms with E-state index in [0.29, 0.717) is 11.3 Å². The van der Waals surface area contributed by atoms with Crippen molar-refractivity contribution in [3.63, 3.8) is 0 Å². The summed E-state index contributed by atoms with van der Waals surface area (Å²) in [4.78, 5) is 53.8. The minimum Gasteiger partial charge on any atom is -0.497 e. The summed E-state index contributed by atoms with van der Waals surface area (Å²) in [6.07, 6.45) is 0.0419. The highest BCUT2D eigenvalue weighted by Gasteiger charge is 2.44. The van der Waals surface area contributed by atoms with Crippen LogP contribution in [0.25, 0.3) is 0 Å². The number of methoxy groups -OCH3 is 1. The lowest BCUT2D eigenvalue weighted by molar-refractivity contribution is -0.132. The van der Waals surface area contributed by atoms with Crippen molar-refractivity contribution in [2.75, 3.05) is 18.6 Å². The smallest absolute Gasteiger partial charge is 0.308 e. The summed E-state index contributed by atoms with van der Waals surface area (Å²) in [6.45, 7) is 1.32. The van der Waals surface area contributed by atoms with E-state index in [2.05, 4.69) is 0 Å². The number of anilines is 1. The average molecular weight is 566 g/mol. The molecule has 4 rings (SSSR count). The molecule has 3 amide bonds. The molecule has 1 fully saturated rings. The zero-order valence-corrected chi connectivity index (χ0v) is 22.6. The van der Waals surface area contributed by atoms with Gasteiger partial charge in [0.1, 0.15) is 17.5 Å². The first-order chi connectivity index (χ1) is 19.0. The van der Waals surface area contributed by atoms with Crippen LogP contribution in [0.3, 0.4) is 0 Å². The number of hydrogen-bond acceptors (Lipinski definition) is 8. The van der Waals surface area contributed by atoms with Crippen molar-refractivity contribution >= 4 is 39.4 Å². The van der Waals surface area contributed by atoms with Gasteiger partial charge in [0.2, 0.25) is 15.9 Å². The predicted molar refractivity (Wildman–Crippen MR) is 144 cm³/mol. The van der Waals surface area contributed by atoms with Gasteiger partial charge in [-0.3, -0.25) is 19.2 Å². The van der Waals surface area contributed by atoms with Crippen molar-refractivity contribution in [2.24, 2.45) is 5.14 Å². The van der Waals surface area contributed by atoms with E-state index in [9.17, 15) is 27.6 Å². The van der Waals surface area contributed by atoms with E-state index in [1.807, 2.05) is 0 Å². The highest BCUT2D eigenvalue weighted by atomic mass is 32.2. The van der Waals surface area contributed by atoms with Crippen molar-refractivity contribution < 1.29 is 37.1 Å². The summed E-state index contributed by atoms with van der Waals surface area (Å²) < 4.78 is 33.4. The Hall–Kier alpha value is -4.55. The standard InChI is InChI=1S/C28H27N3O8S/c1-18(32)39-22-10-8-21(9-11-22)31-26(33)17-25(28(31)35)30(27(34)20-4-3-5-23(16-20)38-2)15-14-19-6-12-24(13-7-19)40(29,36)37/h3-13,16,25H,14-15,17H2,1-2H3,(H2,29,36,37). The number of rotatable bonds is 9. The topological polar surface area (TPSA) is 153 Å². The second-order valence-corrected chi connectivity index (χ2v) is 10.6. The molecule has 0 saturated carbocycles. The Morgan fingerprint density at radius 1 is 1.00 bits per heavy atom. The van der Waals surface area contributed by atoms with Crippen LogP contribution in [-0.2, 0) is 30.8 Å². The molecule has 0 aromatic heterocycles. The van der Waals surface area contributed by atoms with E-state index in [1.54, 1.807) is 36.4 Å². The lowest BCUT2D eigenvalue weighted by Crippen LogP contribution is -2.46. The fourth-order valence-corrected chi connectivity index (χ4v) is 4.89. The van der Waals surface area contributed by atoms with Crippen LogP contribution in [0, 0.1) is 0 Å². The summed E-state index contributed by atoms with van der Waals surface area (Å²) in [5.74, 6) is -1.34. The summed E-state index contributed by atoms with van der Waals surface area (Å²) in [7, 11) is -2.39. The van der Waals surface area contributed by atoms with Crippen molar-refractivity contribution in [3.8, 4) is 11.5 Å². The monoisotopic (exact) mass is 565 g/mol. The van der Waals surface area contributed by atoms with Crippen LogP contribution in [0.5, 0.6) is 11.5 Å². The molecule has 11 nitrogen and oxygen atoms in total. The Bertz CT molecular complexity index is 1550. The maximum Gasteiger partial charge on any atom is 0.308 e. The van der Waals surface area contributed by atoms with E-state index in [1.165, 1.54) is 55.3 Å². The molecule has 1 unspecified atom stereocenters. The van der Waals surface area contributed by atoms with Gasteiger partial charge in [0, 0.05) is 19.0 Å². The normalized spacial score (nSPS) is 15.2. The van der Waals surface area contributed by atoms with Crippen LogP contribution < -0.4 is 19.5 Å². The molecular weight excluding hydrogens is 538 g/mol. The summed E-state index contributed by atoms with van der Waals surface area (Å²) >= 11 is 0. The molecule has 1 heterocycles. The van der Waals surface area contributed by atoms with Gasteiger partial charge in [0.25, 0.3) is 11.8 Å². The Morgan fingerprint density at radius 2 is 1.68 bits per heavy atom. The van der Waals surface area contributed by atoms with Gasteiger partial charge in [-0.05, 0) is 66.6 Å². The summed E-state index contributed by atoms with van der Waals surface area (Å²) in [6, 6.07) is 17.2. The maximum atomic E-state index is 13.7. The second-order valence-electron chi connectivity index (χ2n) is 9.04. The number of primary sulfonamides is 1. The van der Waals surface area contributed by atoms with Crippen molar-refractivity contribution in [1.29, 1.82) is 0 Å². The number of nitrogens with zero attached hydrogens (tertiary/aromatic N) is 2. The van der Waals surface area contributed by atoms with Gasteiger partial charge in [-0.2, -0.15) is 0 Å². The van der Waals surface area contributed by atoms with Gasteiger partial charge in [0.15, 0.2) is 0 Å². The third kappa shape index (κ3) is 6.35. The fraction of sp³-hybridized carbons (Fsp3) is 0.214. The molecule has 0 spiro atoms. The van der Waals surface area contributed by atoms with Crippen molar-refractivity contribution in [3.05, 3.63) is 83.9 Å². The Balaban J connectivity index is 1.62. The average Bonchev–Trinajstić information content (AvgIpc) is 3.22. The van der Waals surface area contributed by atoms with Gasteiger partial charge < -0.3 is 14.4 Å².